The molecule has 0 unspecified atom stereocenters. The van der Waals surface area contributed by atoms with Crippen molar-refractivity contribution in [3.63, 3.8) is 0 Å². The quantitative estimate of drug-likeness (QED) is 0.574. The fourth-order valence-corrected chi connectivity index (χ4v) is 3.21. The molecule has 0 spiro atoms. The Morgan fingerprint density at radius 3 is 2.59 bits per heavy atom. The van der Waals surface area contributed by atoms with Crippen molar-refractivity contribution >= 4 is 16.9 Å². The number of amides is 1. The molecule has 1 amide bonds. The van der Waals surface area contributed by atoms with E-state index in [9.17, 15) is 9.59 Å². The van der Waals surface area contributed by atoms with E-state index in [1.54, 1.807) is 35.9 Å². The van der Waals surface area contributed by atoms with Crippen LogP contribution in [0.3, 0.4) is 0 Å². The van der Waals surface area contributed by atoms with Crippen LogP contribution in [0.2, 0.25) is 0 Å². The monoisotopic (exact) mass is 384 g/mol. The topological polar surface area (TPSA) is 76.9 Å². The van der Waals surface area contributed by atoms with Crippen LogP contribution in [-0.4, -0.2) is 20.4 Å². The van der Waals surface area contributed by atoms with Crippen molar-refractivity contribution in [2.24, 2.45) is 0 Å². The average molecular weight is 384 g/mol. The SMILES string of the molecule is Cc1nc2cc(C(=O)NCc3ccccn3)ccc2n(Cc2ccccc2)c1=O. The largest absolute Gasteiger partial charge is 0.346 e. The van der Waals surface area contributed by atoms with Gasteiger partial charge < -0.3 is 9.88 Å². The van der Waals surface area contributed by atoms with Gasteiger partial charge in [-0.3, -0.25) is 14.6 Å². The Labute approximate surface area is 167 Å². The van der Waals surface area contributed by atoms with Crippen LogP contribution in [0.4, 0.5) is 0 Å². The predicted molar refractivity (Wildman–Crippen MR) is 112 cm³/mol. The van der Waals surface area contributed by atoms with Gasteiger partial charge in [0.15, 0.2) is 0 Å². The van der Waals surface area contributed by atoms with Gasteiger partial charge in [0.1, 0.15) is 5.69 Å². The molecule has 0 radical (unpaired) electrons. The van der Waals surface area contributed by atoms with Gasteiger partial charge in [-0.15, -0.1) is 0 Å². The maximum atomic E-state index is 12.7. The first-order valence-corrected chi connectivity index (χ1v) is 9.35. The molecule has 29 heavy (non-hydrogen) atoms. The molecule has 1 N–H and O–H groups in total. The molecule has 0 saturated carbocycles. The van der Waals surface area contributed by atoms with Crippen molar-refractivity contribution in [1.29, 1.82) is 0 Å². The minimum absolute atomic E-state index is 0.131. The number of rotatable bonds is 5. The molecule has 6 heteroatoms. The third kappa shape index (κ3) is 4.06. The summed E-state index contributed by atoms with van der Waals surface area (Å²) in [5, 5.41) is 2.86. The number of fused-ring (bicyclic) bond motifs is 1. The maximum Gasteiger partial charge on any atom is 0.272 e. The normalized spacial score (nSPS) is 10.8. The van der Waals surface area contributed by atoms with Crippen molar-refractivity contribution in [3.8, 4) is 0 Å². The minimum atomic E-state index is -0.210. The molecule has 0 saturated heterocycles. The molecule has 0 aliphatic heterocycles. The van der Waals surface area contributed by atoms with Crippen LogP contribution < -0.4 is 10.9 Å². The van der Waals surface area contributed by atoms with Gasteiger partial charge in [-0.25, -0.2) is 4.98 Å². The summed E-state index contributed by atoms with van der Waals surface area (Å²) < 4.78 is 1.70. The van der Waals surface area contributed by atoms with Gasteiger partial charge in [0.2, 0.25) is 0 Å². The van der Waals surface area contributed by atoms with E-state index < -0.39 is 0 Å². The van der Waals surface area contributed by atoms with Crippen molar-refractivity contribution in [3.05, 3.63) is 106 Å². The van der Waals surface area contributed by atoms with Crippen molar-refractivity contribution in [1.82, 2.24) is 19.9 Å². The number of aryl methyl sites for hydroxylation is 1. The lowest BCUT2D eigenvalue weighted by molar-refractivity contribution is 0.0950. The van der Waals surface area contributed by atoms with Crippen molar-refractivity contribution in [2.45, 2.75) is 20.0 Å². The Morgan fingerprint density at radius 2 is 1.83 bits per heavy atom. The van der Waals surface area contributed by atoms with Gasteiger partial charge in [0, 0.05) is 11.8 Å². The summed E-state index contributed by atoms with van der Waals surface area (Å²) in [5.41, 5.74) is 3.89. The molecule has 0 bridgehead atoms. The highest BCUT2D eigenvalue weighted by Gasteiger charge is 2.12. The Hall–Kier alpha value is -3.80. The van der Waals surface area contributed by atoms with Gasteiger partial charge in [-0.05, 0) is 42.8 Å². The van der Waals surface area contributed by atoms with Crippen molar-refractivity contribution in [2.75, 3.05) is 0 Å². The molecule has 4 rings (SSSR count). The summed E-state index contributed by atoms with van der Waals surface area (Å²) in [6.45, 7) is 2.49. The van der Waals surface area contributed by atoms with Crippen LogP contribution >= 0.6 is 0 Å². The first-order valence-electron chi connectivity index (χ1n) is 9.35. The van der Waals surface area contributed by atoms with Gasteiger partial charge in [-0.2, -0.15) is 0 Å². The van der Waals surface area contributed by atoms with Crippen LogP contribution in [0, 0.1) is 6.92 Å². The predicted octanol–water partition coefficient (Wildman–Crippen LogP) is 3.08. The Balaban J connectivity index is 1.64. The van der Waals surface area contributed by atoms with Gasteiger partial charge in [0.25, 0.3) is 11.5 Å². The van der Waals surface area contributed by atoms with E-state index in [1.165, 1.54) is 0 Å². The second kappa shape index (κ2) is 8.06. The number of hydrogen-bond acceptors (Lipinski definition) is 4. The lowest BCUT2D eigenvalue weighted by atomic mass is 10.1. The van der Waals surface area contributed by atoms with Gasteiger partial charge >= 0.3 is 0 Å². The maximum absolute atomic E-state index is 12.7. The summed E-state index contributed by atoms with van der Waals surface area (Å²) in [5.74, 6) is -0.210. The number of aromatic nitrogens is 3. The van der Waals surface area contributed by atoms with E-state index >= 15 is 0 Å². The highest BCUT2D eigenvalue weighted by Crippen LogP contribution is 2.15. The summed E-state index contributed by atoms with van der Waals surface area (Å²) in [6, 6.07) is 20.6. The lowest BCUT2D eigenvalue weighted by Crippen LogP contribution is -2.26. The molecule has 0 aliphatic rings. The van der Waals surface area contributed by atoms with Gasteiger partial charge in [0.05, 0.1) is 29.8 Å². The first kappa shape index (κ1) is 18.6. The molecule has 144 valence electrons. The summed E-state index contributed by atoms with van der Waals surface area (Å²) >= 11 is 0. The van der Waals surface area contributed by atoms with E-state index in [0.29, 0.717) is 35.4 Å². The van der Waals surface area contributed by atoms with Crippen LogP contribution in [0.5, 0.6) is 0 Å². The third-order valence-corrected chi connectivity index (χ3v) is 4.71. The average Bonchev–Trinajstić information content (AvgIpc) is 2.76. The van der Waals surface area contributed by atoms with Crippen molar-refractivity contribution < 1.29 is 4.79 Å². The number of pyridine rings is 1. The molecule has 2 heterocycles. The second-order valence-electron chi connectivity index (χ2n) is 6.78. The highest BCUT2D eigenvalue weighted by molar-refractivity contribution is 5.97. The highest BCUT2D eigenvalue weighted by atomic mass is 16.1. The van der Waals surface area contributed by atoms with Gasteiger partial charge in [-0.1, -0.05) is 36.4 Å². The molecule has 2 aromatic carbocycles. The van der Waals surface area contributed by atoms with Crippen LogP contribution in [0.15, 0.2) is 77.7 Å². The van der Waals surface area contributed by atoms with E-state index in [1.807, 2.05) is 48.5 Å². The fourth-order valence-electron chi connectivity index (χ4n) is 3.21. The number of carbonyl (C=O) groups excluding carboxylic acids is 1. The lowest BCUT2D eigenvalue weighted by Gasteiger charge is -2.12. The summed E-state index contributed by atoms with van der Waals surface area (Å²) in [6.07, 6.45) is 1.69. The van der Waals surface area contributed by atoms with Crippen LogP contribution in [0.25, 0.3) is 11.0 Å². The molecule has 2 aromatic heterocycles. The minimum Gasteiger partial charge on any atom is -0.346 e. The molecule has 0 fully saturated rings. The Morgan fingerprint density at radius 1 is 1.03 bits per heavy atom. The zero-order valence-electron chi connectivity index (χ0n) is 16.0. The Kier molecular flexibility index (Phi) is 5.16. The fraction of sp³-hybridized carbons (Fsp3) is 0.130. The molecule has 6 nitrogen and oxygen atoms in total. The van der Waals surface area contributed by atoms with E-state index in [2.05, 4.69) is 15.3 Å². The first-order chi connectivity index (χ1) is 14.1. The summed E-state index contributed by atoms with van der Waals surface area (Å²) in [4.78, 5) is 33.8. The number of benzene rings is 2. The van der Waals surface area contributed by atoms with E-state index in [0.717, 1.165) is 11.3 Å². The number of nitrogens with one attached hydrogen (secondary N) is 1. The Bertz CT molecular complexity index is 1220. The third-order valence-electron chi connectivity index (χ3n) is 4.71. The van der Waals surface area contributed by atoms with E-state index in [4.69, 9.17) is 0 Å². The number of hydrogen-bond donors (Lipinski definition) is 1. The smallest absolute Gasteiger partial charge is 0.272 e. The molecule has 4 aromatic rings. The van der Waals surface area contributed by atoms with Crippen LogP contribution in [-0.2, 0) is 13.1 Å². The summed E-state index contributed by atoms with van der Waals surface area (Å²) in [7, 11) is 0. The van der Waals surface area contributed by atoms with Crippen LogP contribution in [0.1, 0.15) is 27.3 Å². The molecular formula is C23H20N4O2. The number of carbonyl (C=O) groups is 1. The molecule has 0 atom stereocenters. The zero-order valence-corrected chi connectivity index (χ0v) is 16.0. The molecular weight excluding hydrogens is 364 g/mol. The second-order valence-corrected chi connectivity index (χ2v) is 6.78. The molecule has 0 aliphatic carbocycles. The number of nitrogens with zero attached hydrogens (tertiary/aromatic N) is 3. The van der Waals surface area contributed by atoms with E-state index in [-0.39, 0.29) is 11.5 Å². The zero-order chi connectivity index (χ0) is 20.2. The standard InChI is InChI=1S/C23H20N4O2/c1-16-23(29)27(15-17-7-3-2-4-8-17)21-11-10-18(13-20(21)26-16)22(28)25-14-19-9-5-6-12-24-19/h2-13H,14-15H2,1H3,(H,25,28).